The van der Waals surface area contributed by atoms with Gasteiger partial charge in [0.2, 0.25) is 0 Å². The fraction of sp³-hybridized carbons (Fsp3) is 0.222. The zero-order valence-corrected chi connectivity index (χ0v) is 18.3. The Balaban J connectivity index is 2.14. The number of carbonyl (C=O) groups excluding carboxylic acids is 2. The van der Waals surface area contributed by atoms with Crippen molar-refractivity contribution in [3.63, 3.8) is 0 Å². The van der Waals surface area contributed by atoms with Crippen molar-refractivity contribution in [1.29, 1.82) is 0 Å². The summed E-state index contributed by atoms with van der Waals surface area (Å²) in [6, 6.07) is 9.03. The van der Waals surface area contributed by atoms with E-state index in [1.807, 2.05) is 22.6 Å². The van der Waals surface area contributed by atoms with Gasteiger partial charge in [0.15, 0.2) is 6.61 Å². The second kappa shape index (κ2) is 9.13. The van der Waals surface area contributed by atoms with Crippen molar-refractivity contribution in [3.05, 3.63) is 60.2 Å². The fourth-order valence-electron chi connectivity index (χ4n) is 2.06. The third kappa shape index (κ3) is 6.26. The summed E-state index contributed by atoms with van der Waals surface area (Å²) >= 11 is 4.02. The van der Waals surface area contributed by atoms with Gasteiger partial charge in [0.1, 0.15) is 12.4 Å². The van der Waals surface area contributed by atoms with Crippen LogP contribution in [0.5, 0.6) is 5.75 Å². The fourth-order valence-corrected chi connectivity index (χ4v) is 4.02. The number of aromatic hydroxyl groups is 1. The molecule has 0 fully saturated rings. The highest BCUT2D eigenvalue weighted by Gasteiger charge is 2.26. The van der Waals surface area contributed by atoms with Crippen LogP contribution in [0, 0.1) is 7.14 Å². The van der Waals surface area contributed by atoms with E-state index in [1.165, 1.54) is 24.3 Å². The van der Waals surface area contributed by atoms with Crippen LogP contribution in [0.1, 0.15) is 33.2 Å². The molecule has 0 heterocycles. The Bertz CT molecular complexity index is 865. The first-order valence-electron chi connectivity index (χ1n) is 7.56. The highest BCUT2D eigenvalue weighted by Crippen LogP contribution is 2.28. The van der Waals surface area contributed by atoms with E-state index in [4.69, 9.17) is 4.74 Å². The molecular formula is C18H14F2I2O5. The SMILES string of the molecule is CC(F)(F)COC(=O)c1ccccc1C(=O)OCc1cc(I)cc(I)c1O. The van der Waals surface area contributed by atoms with Gasteiger partial charge >= 0.3 is 11.9 Å². The minimum absolute atomic E-state index is 0.00156. The number of ether oxygens (including phenoxy) is 2. The van der Waals surface area contributed by atoms with E-state index >= 15 is 0 Å². The summed E-state index contributed by atoms with van der Waals surface area (Å²) in [6.07, 6.45) is 0. The number of benzene rings is 2. The van der Waals surface area contributed by atoms with Crippen LogP contribution in [-0.2, 0) is 16.1 Å². The van der Waals surface area contributed by atoms with Crippen LogP contribution < -0.4 is 0 Å². The Morgan fingerprint density at radius 2 is 1.63 bits per heavy atom. The maximum absolute atomic E-state index is 12.9. The van der Waals surface area contributed by atoms with Crippen molar-refractivity contribution in [2.45, 2.75) is 19.5 Å². The summed E-state index contributed by atoms with van der Waals surface area (Å²) in [5.74, 6) is -5.05. The van der Waals surface area contributed by atoms with Crippen molar-refractivity contribution >= 4 is 57.1 Å². The monoisotopic (exact) mass is 602 g/mol. The molecule has 0 aliphatic rings. The Morgan fingerprint density at radius 3 is 2.19 bits per heavy atom. The molecule has 1 N–H and O–H groups in total. The van der Waals surface area contributed by atoms with Gasteiger partial charge in [-0.25, -0.2) is 18.4 Å². The number of rotatable bonds is 6. The van der Waals surface area contributed by atoms with Crippen LogP contribution >= 0.6 is 45.2 Å². The third-order valence-electron chi connectivity index (χ3n) is 3.29. The molecule has 0 saturated heterocycles. The molecule has 5 nitrogen and oxygen atoms in total. The lowest BCUT2D eigenvalue weighted by atomic mass is 10.1. The predicted molar refractivity (Wildman–Crippen MR) is 110 cm³/mol. The highest BCUT2D eigenvalue weighted by molar-refractivity contribution is 14.1. The molecule has 2 aromatic carbocycles. The number of phenolic OH excluding ortho intramolecular Hbond substituents is 1. The number of hydrogen-bond acceptors (Lipinski definition) is 5. The normalized spacial score (nSPS) is 11.1. The standard InChI is InChI=1S/C18H14F2I2O5/c1-18(19,20)9-27-17(25)13-5-3-2-4-12(13)16(24)26-8-10-6-11(21)7-14(22)15(10)23/h2-7,23H,8-9H2,1H3. The first-order chi connectivity index (χ1) is 12.6. The second-order valence-electron chi connectivity index (χ2n) is 5.66. The minimum atomic E-state index is -3.18. The maximum Gasteiger partial charge on any atom is 0.339 e. The lowest BCUT2D eigenvalue weighted by molar-refractivity contribution is -0.0467. The molecule has 0 atom stereocenters. The molecule has 0 radical (unpaired) electrons. The first kappa shape index (κ1) is 21.8. The molecule has 0 aromatic heterocycles. The molecule has 0 amide bonds. The molecule has 0 unspecified atom stereocenters. The van der Waals surface area contributed by atoms with Gasteiger partial charge in [-0.1, -0.05) is 12.1 Å². The highest BCUT2D eigenvalue weighted by atomic mass is 127. The van der Waals surface area contributed by atoms with E-state index in [0.29, 0.717) is 16.1 Å². The van der Waals surface area contributed by atoms with E-state index in [0.717, 1.165) is 3.57 Å². The van der Waals surface area contributed by atoms with Gasteiger partial charge in [0.25, 0.3) is 5.92 Å². The zero-order valence-electron chi connectivity index (χ0n) is 14.0. The van der Waals surface area contributed by atoms with Crippen LogP contribution in [0.3, 0.4) is 0 Å². The molecule has 0 aliphatic carbocycles. The van der Waals surface area contributed by atoms with Gasteiger partial charge in [-0.3, -0.25) is 0 Å². The number of esters is 2. The first-order valence-corrected chi connectivity index (χ1v) is 9.72. The summed E-state index contributed by atoms with van der Waals surface area (Å²) in [4.78, 5) is 24.4. The Morgan fingerprint density at radius 1 is 1.07 bits per heavy atom. The third-order valence-corrected chi connectivity index (χ3v) is 4.73. The summed E-state index contributed by atoms with van der Waals surface area (Å²) in [6.45, 7) is -0.687. The van der Waals surface area contributed by atoms with Crippen molar-refractivity contribution in [2.24, 2.45) is 0 Å². The van der Waals surface area contributed by atoms with Gasteiger partial charge in [-0.2, -0.15) is 0 Å². The van der Waals surface area contributed by atoms with E-state index < -0.39 is 24.5 Å². The molecule has 2 rings (SSSR count). The van der Waals surface area contributed by atoms with E-state index in [-0.39, 0.29) is 23.5 Å². The zero-order chi connectivity index (χ0) is 20.2. The van der Waals surface area contributed by atoms with Crippen molar-refractivity contribution in [1.82, 2.24) is 0 Å². The molecule has 27 heavy (non-hydrogen) atoms. The van der Waals surface area contributed by atoms with Crippen molar-refractivity contribution < 1.29 is 33.0 Å². The summed E-state index contributed by atoms with van der Waals surface area (Å²) in [5, 5.41) is 10.0. The maximum atomic E-state index is 12.9. The molecule has 0 aliphatic heterocycles. The molecule has 2 aromatic rings. The Labute approximate surface area is 181 Å². The van der Waals surface area contributed by atoms with Crippen LogP contribution in [-0.4, -0.2) is 29.6 Å². The van der Waals surface area contributed by atoms with Crippen LogP contribution in [0.4, 0.5) is 8.78 Å². The number of halogens is 4. The molecule has 0 bridgehead atoms. The van der Waals surface area contributed by atoms with E-state index in [9.17, 15) is 23.5 Å². The summed E-state index contributed by atoms with van der Waals surface area (Å²) in [7, 11) is 0. The molecule has 144 valence electrons. The molecule has 0 spiro atoms. The quantitative estimate of drug-likeness (QED) is 0.382. The molecule has 9 heteroatoms. The summed E-state index contributed by atoms with van der Waals surface area (Å²) < 4.78 is 36.9. The predicted octanol–water partition coefficient (Wildman–Crippen LogP) is 4.77. The smallest absolute Gasteiger partial charge is 0.339 e. The van der Waals surface area contributed by atoms with E-state index in [1.54, 1.807) is 12.1 Å². The lowest BCUT2D eigenvalue weighted by Crippen LogP contribution is -2.23. The number of carbonyl (C=O) groups is 2. The van der Waals surface area contributed by atoms with Crippen LogP contribution in [0.2, 0.25) is 0 Å². The van der Waals surface area contributed by atoms with Crippen molar-refractivity contribution in [3.8, 4) is 5.75 Å². The van der Waals surface area contributed by atoms with Gasteiger partial charge in [0.05, 0.1) is 14.7 Å². The Hall–Kier alpha value is -1.50. The van der Waals surface area contributed by atoms with Crippen molar-refractivity contribution in [2.75, 3.05) is 6.61 Å². The summed E-state index contributed by atoms with van der Waals surface area (Å²) in [5.41, 5.74) is 0.125. The van der Waals surface area contributed by atoms with Gasteiger partial charge in [-0.15, -0.1) is 0 Å². The Kier molecular flexibility index (Phi) is 7.37. The average molecular weight is 602 g/mol. The van der Waals surface area contributed by atoms with Gasteiger partial charge in [0, 0.05) is 16.1 Å². The van der Waals surface area contributed by atoms with Crippen LogP contribution in [0.15, 0.2) is 36.4 Å². The lowest BCUT2D eigenvalue weighted by Gasteiger charge is -2.13. The van der Waals surface area contributed by atoms with Gasteiger partial charge < -0.3 is 14.6 Å². The second-order valence-corrected chi connectivity index (χ2v) is 8.07. The van der Waals surface area contributed by atoms with Crippen LogP contribution in [0.25, 0.3) is 0 Å². The molecular weight excluding hydrogens is 588 g/mol. The van der Waals surface area contributed by atoms with Gasteiger partial charge in [-0.05, 0) is 69.4 Å². The molecule has 0 saturated carbocycles. The number of hydrogen-bond donors (Lipinski definition) is 1. The minimum Gasteiger partial charge on any atom is -0.506 e. The average Bonchev–Trinajstić information content (AvgIpc) is 2.60. The largest absolute Gasteiger partial charge is 0.506 e. The number of alkyl halides is 2. The van der Waals surface area contributed by atoms with E-state index in [2.05, 4.69) is 27.3 Å². The topological polar surface area (TPSA) is 72.8 Å². The number of phenols is 1.